The number of likely N-dealkylation sites (N-methyl/N-ethyl adjacent to an activating group) is 2. The van der Waals surface area contributed by atoms with E-state index in [4.69, 9.17) is 0 Å². The third-order valence-electron chi connectivity index (χ3n) is 2.88. The van der Waals surface area contributed by atoms with E-state index < -0.39 is 0 Å². The molecule has 3 nitrogen and oxygen atoms in total. The molecular formula is C14H22N2O. The van der Waals surface area contributed by atoms with Gasteiger partial charge in [-0.05, 0) is 33.0 Å². The summed E-state index contributed by atoms with van der Waals surface area (Å²) in [7, 11) is 5.70. The number of carbonyl (C=O) groups is 1. The minimum Gasteiger partial charge on any atom is -0.342 e. The molecule has 0 saturated carbocycles. The van der Waals surface area contributed by atoms with Gasteiger partial charge in [-0.3, -0.25) is 4.79 Å². The normalized spacial score (nSPS) is 12.5. The van der Waals surface area contributed by atoms with Crippen LogP contribution in [-0.4, -0.2) is 49.4 Å². The number of rotatable bonds is 5. The summed E-state index contributed by atoms with van der Waals surface area (Å²) in [6.07, 6.45) is 0.899. The second kappa shape index (κ2) is 6.40. The maximum absolute atomic E-state index is 11.9. The number of hydrogen-bond donors (Lipinski definition) is 0. The van der Waals surface area contributed by atoms with Crippen LogP contribution in [0.15, 0.2) is 30.3 Å². The third-order valence-corrected chi connectivity index (χ3v) is 2.88. The molecular weight excluding hydrogens is 212 g/mol. The van der Waals surface area contributed by atoms with E-state index in [9.17, 15) is 4.79 Å². The fourth-order valence-corrected chi connectivity index (χ4v) is 1.72. The van der Waals surface area contributed by atoms with Crippen LogP contribution in [0.5, 0.6) is 0 Å². The Morgan fingerprint density at radius 2 is 1.76 bits per heavy atom. The molecule has 0 saturated heterocycles. The lowest BCUT2D eigenvalue weighted by Crippen LogP contribution is -2.41. The van der Waals surface area contributed by atoms with Crippen LogP contribution in [0, 0.1) is 0 Å². The third kappa shape index (κ3) is 4.57. The summed E-state index contributed by atoms with van der Waals surface area (Å²) in [4.78, 5) is 15.6. The lowest BCUT2D eigenvalue weighted by Gasteiger charge is -2.26. The van der Waals surface area contributed by atoms with Crippen molar-refractivity contribution >= 4 is 5.91 Å². The van der Waals surface area contributed by atoms with Gasteiger partial charge in [-0.25, -0.2) is 0 Å². The molecule has 1 atom stereocenters. The molecule has 94 valence electrons. The standard InChI is InChI=1S/C14H22N2O/c1-12(10-13-8-6-5-7-9-13)16(4)14(17)11-15(2)3/h5-9,12H,10-11H2,1-4H3. The highest BCUT2D eigenvalue weighted by molar-refractivity contribution is 5.78. The second-order valence-electron chi connectivity index (χ2n) is 4.78. The minimum absolute atomic E-state index is 0.165. The van der Waals surface area contributed by atoms with Crippen molar-refractivity contribution in [3.63, 3.8) is 0 Å². The van der Waals surface area contributed by atoms with Gasteiger partial charge >= 0.3 is 0 Å². The van der Waals surface area contributed by atoms with E-state index in [1.54, 1.807) is 0 Å². The smallest absolute Gasteiger partial charge is 0.236 e. The van der Waals surface area contributed by atoms with Crippen molar-refractivity contribution in [3.05, 3.63) is 35.9 Å². The SMILES string of the molecule is CC(Cc1ccccc1)N(C)C(=O)CN(C)C. The van der Waals surface area contributed by atoms with Crippen molar-refractivity contribution in [3.8, 4) is 0 Å². The predicted molar refractivity (Wildman–Crippen MR) is 70.9 cm³/mol. The second-order valence-corrected chi connectivity index (χ2v) is 4.78. The van der Waals surface area contributed by atoms with Crippen LogP contribution in [0.25, 0.3) is 0 Å². The van der Waals surface area contributed by atoms with Crippen molar-refractivity contribution in [2.75, 3.05) is 27.7 Å². The zero-order valence-electron chi connectivity index (χ0n) is 11.2. The summed E-state index contributed by atoms with van der Waals surface area (Å²) < 4.78 is 0. The molecule has 1 rings (SSSR count). The molecule has 3 heteroatoms. The van der Waals surface area contributed by atoms with E-state index >= 15 is 0 Å². The molecule has 0 spiro atoms. The first-order valence-corrected chi connectivity index (χ1v) is 5.95. The highest BCUT2D eigenvalue weighted by atomic mass is 16.2. The Kier molecular flexibility index (Phi) is 5.16. The van der Waals surface area contributed by atoms with Gasteiger partial charge in [-0.1, -0.05) is 30.3 Å². The Balaban J connectivity index is 2.52. The van der Waals surface area contributed by atoms with E-state index in [1.165, 1.54) is 5.56 Å². The molecule has 0 aliphatic rings. The lowest BCUT2D eigenvalue weighted by molar-refractivity contribution is -0.132. The van der Waals surface area contributed by atoms with E-state index in [0.717, 1.165) is 6.42 Å². The Morgan fingerprint density at radius 1 is 1.18 bits per heavy atom. The van der Waals surface area contributed by atoms with Gasteiger partial charge in [0.05, 0.1) is 6.54 Å². The molecule has 0 bridgehead atoms. The molecule has 1 unspecified atom stereocenters. The number of nitrogens with zero attached hydrogens (tertiary/aromatic N) is 2. The molecule has 17 heavy (non-hydrogen) atoms. The van der Waals surface area contributed by atoms with Crippen LogP contribution in [-0.2, 0) is 11.2 Å². The molecule has 1 aromatic carbocycles. The van der Waals surface area contributed by atoms with Gasteiger partial charge in [0.25, 0.3) is 0 Å². The lowest BCUT2D eigenvalue weighted by atomic mass is 10.1. The average molecular weight is 234 g/mol. The van der Waals surface area contributed by atoms with Crippen molar-refractivity contribution in [1.82, 2.24) is 9.80 Å². The van der Waals surface area contributed by atoms with Crippen LogP contribution in [0.1, 0.15) is 12.5 Å². The molecule has 0 aliphatic carbocycles. The van der Waals surface area contributed by atoms with Crippen LogP contribution in [0.2, 0.25) is 0 Å². The number of benzene rings is 1. The van der Waals surface area contributed by atoms with Gasteiger partial charge in [-0.15, -0.1) is 0 Å². The molecule has 0 radical (unpaired) electrons. The molecule has 1 amide bonds. The van der Waals surface area contributed by atoms with Crippen LogP contribution in [0.4, 0.5) is 0 Å². The fourth-order valence-electron chi connectivity index (χ4n) is 1.72. The fraction of sp³-hybridized carbons (Fsp3) is 0.500. The summed E-state index contributed by atoms with van der Waals surface area (Å²) >= 11 is 0. The average Bonchev–Trinajstić information content (AvgIpc) is 2.28. The summed E-state index contributed by atoms with van der Waals surface area (Å²) in [6, 6.07) is 10.5. The van der Waals surface area contributed by atoms with Gasteiger partial charge in [0.15, 0.2) is 0 Å². The Labute approximate surface area is 104 Å². The predicted octanol–water partition coefficient (Wildman–Crippen LogP) is 1.64. The molecule has 1 aromatic rings. The van der Waals surface area contributed by atoms with Crippen molar-refractivity contribution in [1.29, 1.82) is 0 Å². The van der Waals surface area contributed by atoms with Crippen LogP contribution in [0.3, 0.4) is 0 Å². The van der Waals surface area contributed by atoms with Crippen molar-refractivity contribution in [2.24, 2.45) is 0 Å². The number of carbonyl (C=O) groups excluding carboxylic acids is 1. The van der Waals surface area contributed by atoms with Crippen molar-refractivity contribution < 1.29 is 4.79 Å². The molecule has 0 fully saturated rings. The summed E-state index contributed by atoms with van der Waals surface area (Å²) in [5, 5.41) is 0. The van der Waals surface area contributed by atoms with E-state index in [-0.39, 0.29) is 11.9 Å². The highest BCUT2D eigenvalue weighted by Crippen LogP contribution is 2.07. The zero-order chi connectivity index (χ0) is 12.8. The van der Waals surface area contributed by atoms with Crippen molar-refractivity contribution in [2.45, 2.75) is 19.4 Å². The minimum atomic E-state index is 0.165. The van der Waals surface area contributed by atoms with Crippen LogP contribution >= 0.6 is 0 Å². The zero-order valence-corrected chi connectivity index (χ0v) is 11.2. The van der Waals surface area contributed by atoms with Gasteiger partial charge in [0, 0.05) is 13.1 Å². The maximum atomic E-state index is 11.9. The molecule has 0 aromatic heterocycles. The van der Waals surface area contributed by atoms with E-state index in [2.05, 4.69) is 19.1 Å². The van der Waals surface area contributed by atoms with Gasteiger partial charge in [0.1, 0.15) is 0 Å². The maximum Gasteiger partial charge on any atom is 0.236 e. The number of amides is 1. The van der Waals surface area contributed by atoms with Crippen LogP contribution < -0.4 is 0 Å². The molecule has 0 heterocycles. The molecule has 0 N–H and O–H groups in total. The van der Waals surface area contributed by atoms with E-state index in [1.807, 2.05) is 49.1 Å². The highest BCUT2D eigenvalue weighted by Gasteiger charge is 2.16. The van der Waals surface area contributed by atoms with Gasteiger partial charge in [0.2, 0.25) is 5.91 Å². The summed E-state index contributed by atoms with van der Waals surface area (Å²) in [5.41, 5.74) is 1.27. The summed E-state index contributed by atoms with van der Waals surface area (Å²) in [5.74, 6) is 0.165. The Bertz CT molecular complexity index is 348. The Morgan fingerprint density at radius 3 is 2.29 bits per heavy atom. The first kappa shape index (κ1) is 13.7. The first-order chi connectivity index (χ1) is 8.00. The Hall–Kier alpha value is -1.35. The van der Waals surface area contributed by atoms with Gasteiger partial charge in [-0.2, -0.15) is 0 Å². The number of hydrogen-bond acceptors (Lipinski definition) is 2. The summed E-state index contributed by atoms with van der Waals surface area (Å²) in [6.45, 7) is 2.55. The quantitative estimate of drug-likeness (QED) is 0.773. The largest absolute Gasteiger partial charge is 0.342 e. The first-order valence-electron chi connectivity index (χ1n) is 5.95. The van der Waals surface area contributed by atoms with Gasteiger partial charge < -0.3 is 9.80 Å². The topological polar surface area (TPSA) is 23.6 Å². The van der Waals surface area contributed by atoms with E-state index in [0.29, 0.717) is 6.54 Å². The monoisotopic (exact) mass is 234 g/mol. The molecule has 0 aliphatic heterocycles.